The molecule has 0 amide bonds. The highest BCUT2D eigenvalue weighted by molar-refractivity contribution is 7.90. The molecule has 19 heavy (non-hydrogen) atoms. The standard InChI is InChI=1S/C14H30N2O2S/c1-7-14(5)10-16(12(4)9-19(6,17)18)13(8-15-14)11(2)3/h11-13,15H,7-10H2,1-6H3. The molecule has 0 aromatic carbocycles. The fourth-order valence-corrected chi connectivity index (χ4v) is 3.98. The molecule has 3 atom stereocenters. The molecule has 0 saturated carbocycles. The smallest absolute Gasteiger partial charge is 0.148 e. The van der Waals surface area contributed by atoms with E-state index in [0.717, 1.165) is 19.5 Å². The maximum atomic E-state index is 11.5. The first-order valence-corrected chi connectivity index (χ1v) is 9.32. The molecule has 114 valence electrons. The highest BCUT2D eigenvalue weighted by Crippen LogP contribution is 2.25. The van der Waals surface area contributed by atoms with Gasteiger partial charge in [-0.3, -0.25) is 4.90 Å². The van der Waals surface area contributed by atoms with Crippen molar-refractivity contribution in [2.24, 2.45) is 5.92 Å². The Bertz CT molecular complexity index is 394. The number of sulfone groups is 1. The molecule has 1 rings (SSSR count). The molecule has 5 heteroatoms. The molecule has 1 saturated heterocycles. The molecule has 1 N–H and O–H groups in total. The molecule has 1 heterocycles. The highest BCUT2D eigenvalue weighted by atomic mass is 32.2. The van der Waals surface area contributed by atoms with E-state index >= 15 is 0 Å². The van der Waals surface area contributed by atoms with E-state index in [-0.39, 0.29) is 17.3 Å². The van der Waals surface area contributed by atoms with Gasteiger partial charge in [0.1, 0.15) is 9.84 Å². The van der Waals surface area contributed by atoms with Gasteiger partial charge in [-0.15, -0.1) is 0 Å². The van der Waals surface area contributed by atoms with Crippen molar-refractivity contribution in [2.45, 2.75) is 58.7 Å². The Hall–Kier alpha value is -0.130. The monoisotopic (exact) mass is 290 g/mol. The van der Waals surface area contributed by atoms with Gasteiger partial charge < -0.3 is 5.32 Å². The summed E-state index contributed by atoms with van der Waals surface area (Å²) in [5.74, 6) is 0.770. The van der Waals surface area contributed by atoms with Crippen molar-refractivity contribution in [3.8, 4) is 0 Å². The van der Waals surface area contributed by atoms with E-state index in [1.807, 2.05) is 6.92 Å². The zero-order valence-corrected chi connectivity index (χ0v) is 14.0. The first kappa shape index (κ1) is 16.9. The third-order valence-corrected chi connectivity index (χ3v) is 5.44. The Labute approximate surface area is 118 Å². The van der Waals surface area contributed by atoms with Crippen LogP contribution in [-0.4, -0.2) is 56.0 Å². The van der Waals surface area contributed by atoms with Crippen LogP contribution in [0.4, 0.5) is 0 Å². The first-order chi connectivity index (χ1) is 8.58. The summed E-state index contributed by atoms with van der Waals surface area (Å²) in [4.78, 5) is 2.39. The van der Waals surface area contributed by atoms with Crippen LogP contribution < -0.4 is 5.32 Å². The van der Waals surface area contributed by atoms with Crippen LogP contribution >= 0.6 is 0 Å². The third kappa shape index (κ3) is 4.72. The van der Waals surface area contributed by atoms with Gasteiger partial charge >= 0.3 is 0 Å². The van der Waals surface area contributed by atoms with Gasteiger partial charge in [0.05, 0.1) is 5.75 Å². The molecule has 1 fully saturated rings. The summed E-state index contributed by atoms with van der Waals surface area (Å²) in [7, 11) is -2.93. The van der Waals surface area contributed by atoms with Gasteiger partial charge in [-0.25, -0.2) is 8.42 Å². The van der Waals surface area contributed by atoms with E-state index in [4.69, 9.17) is 0 Å². The molecule has 0 bridgehead atoms. The zero-order valence-electron chi connectivity index (χ0n) is 13.2. The molecule has 0 aromatic heterocycles. The SMILES string of the molecule is CCC1(C)CN(C(C)CS(C)(=O)=O)C(C(C)C)CN1. The minimum absolute atomic E-state index is 0.0791. The van der Waals surface area contributed by atoms with E-state index in [1.165, 1.54) is 6.26 Å². The van der Waals surface area contributed by atoms with Crippen molar-refractivity contribution in [3.63, 3.8) is 0 Å². The highest BCUT2D eigenvalue weighted by Gasteiger charge is 2.38. The number of rotatable bonds is 5. The Morgan fingerprint density at radius 2 is 1.95 bits per heavy atom. The maximum Gasteiger partial charge on any atom is 0.148 e. The molecule has 1 aliphatic heterocycles. The van der Waals surface area contributed by atoms with Crippen LogP contribution in [0.2, 0.25) is 0 Å². The van der Waals surface area contributed by atoms with Gasteiger partial charge in [-0.1, -0.05) is 20.8 Å². The third-order valence-electron chi connectivity index (χ3n) is 4.36. The topological polar surface area (TPSA) is 49.4 Å². The summed E-state index contributed by atoms with van der Waals surface area (Å²) < 4.78 is 23.1. The van der Waals surface area contributed by atoms with Crippen molar-refractivity contribution in [1.29, 1.82) is 0 Å². The van der Waals surface area contributed by atoms with Crippen molar-refractivity contribution < 1.29 is 8.42 Å². The van der Waals surface area contributed by atoms with Crippen LogP contribution in [-0.2, 0) is 9.84 Å². The number of nitrogens with zero attached hydrogens (tertiary/aromatic N) is 1. The molecular formula is C14H30N2O2S. The van der Waals surface area contributed by atoms with Gasteiger partial charge in [0.15, 0.2) is 0 Å². The second kappa shape index (κ2) is 6.10. The molecular weight excluding hydrogens is 260 g/mol. The summed E-state index contributed by atoms with van der Waals surface area (Å²) in [6.45, 7) is 12.7. The molecule has 3 unspecified atom stereocenters. The lowest BCUT2D eigenvalue weighted by atomic mass is 9.89. The molecule has 0 aliphatic carbocycles. The second-order valence-corrected chi connectivity index (χ2v) is 8.91. The Kier molecular flexibility index (Phi) is 5.43. The second-order valence-electron chi connectivity index (χ2n) is 6.72. The van der Waals surface area contributed by atoms with Crippen molar-refractivity contribution in [3.05, 3.63) is 0 Å². The van der Waals surface area contributed by atoms with Crippen LogP contribution in [0.5, 0.6) is 0 Å². The van der Waals surface area contributed by atoms with E-state index in [0.29, 0.717) is 12.0 Å². The Morgan fingerprint density at radius 1 is 1.37 bits per heavy atom. The summed E-state index contributed by atoms with van der Waals surface area (Å²) in [6.07, 6.45) is 2.38. The van der Waals surface area contributed by atoms with Gasteiger partial charge in [0.2, 0.25) is 0 Å². The Morgan fingerprint density at radius 3 is 2.37 bits per heavy atom. The molecule has 4 nitrogen and oxygen atoms in total. The van der Waals surface area contributed by atoms with Crippen molar-refractivity contribution in [1.82, 2.24) is 10.2 Å². The summed E-state index contributed by atoms with van der Waals surface area (Å²) in [6, 6.07) is 0.492. The van der Waals surface area contributed by atoms with Gasteiger partial charge in [-0.05, 0) is 26.2 Å². The molecule has 0 aromatic rings. The maximum absolute atomic E-state index is 11.5. The first-order valence-electron chi connectivity index (χ1n) is 7.26. The van der Waals surface area contributed by atoms with E-state index in [2.05, 4.69) is 37.9 Å². The molecule has 1 aliphatic rings. The number of piperazine rings is 1. The molecule has 0 spiro atoms. The van der Waals surface area contributed by atoms with Crippen LogP contribution in [0.3, 0.4) is 0 Å². The summed E-state index contributed by atoms with van der Waals surface area (Å²) in [5.41, 5.74) is 0.0944. The van der Waals surface area contributed by atoms with E-state index in [9.17, 15) is 8.42 Å². The van der Waals surface area contributed by atoms with Crippen molar-refractivity contribution >= 4 is 9.84 Å². The number of nitrogens with one attached hydrogen (secondary N) is 1. The van der Waals surface area contributed by atoms with Crippen LogP contribution in [0, 0.1) is 5.92 Å². The van der Waals surface area contributed by atoms with Crippen molar-refractivity contribution in [2.75, 3.05) is 25.1 Å². The van der Waals surface area contributed by atoms with E-state index in [1.54, 1.807) is 0 Å². The van der Waals surface area contributed by atoms with Gasteiger partial charge in [-0.2, -0.15) is 0 Å². The lowest BCUT2D eigenvalue weighted by molar-refractivity contribution is 0.0369. The lowest BCUT2D eigenvalue weighted by Crippen LogP contribution is -2.66. The fourth-order valence-electron chi connectivity index (χ4n) is 2.92. The zero-order chi connectivity index (χ0) is 14.8. The van der Waals surface area contributed by atoms with Crippen LogP contribution in [0.15, 0.2) is 0 Å². The average molecular weight is 290 g/mol. The lowest BCUT2D eigenvalue weighted by Gasteiger charge is -2.49. The Balaban J connectivity index is 2.88. The predicted molar refractivity (Wildman–Crippen MR) is 81.2 cm³/mol. The van der Waals surface area contributed by atoms with E-state index < -0.39 is 9.84 Å². The number of hydrogen-bond acceptors (Lipinski definition) is 4. The predicted octanol–water partition coefficient (Wildman–Crippen LogP) is 1.52. The van der Waals surface area contributed by atoms with Gasteiger partial charge in [0, 0.05) is 37.0 Å². The summed E-state index contributed by atoms with van der Waals surface area (Å²) in [5, 5.41) is 3.63. The van der Waals surface area contributed by atoms with Crippen LogP contribution in [0.25, 0.3) is 0 Å². The largest absolute Gasteiger partial charge is 0.309 e. The summed E-state index contributed by atoms with van der Waals surface area (Å²) >= 11 is 0. The van der Waals surface area contributed by atoms with Gasteiger partial charge in [0.25, 0.3) is 0 Å². The quantitative estimate of drug-likeness (QED) is 0.834. The molecule has 0 radical (unpaired) electrons. The fraction of sp³-hybridized carbons (Fsp3) is 1.00. The minimum Gasteiger partial charge on any atom is -0.309 e. The minimum atomic E-state index is -2.93. The normalized spacial score (nSPS) is 31.6. The number of hydrogen-bond donors (Lipinski definition) is 1. The average Bonchev–Trinajstić information content (AvgIpc) is 2.26. The van der Waals surface area contributed by atoms with Crippen LogP contribution in [0.1, 0.15) is 41.0 Å².